The van der Waals surface area contributed by atoms with Crippen LogP contribution in [-0.2, 0) is 43.0 Å². The number of carbonyl (C=O) groups is 2. The third-order valence-electron chi connectivity index (χ3n) is 10.1. The highest BCUT2D eigenvalue weighted by atomic mass is 16.7. The number of alkyl carbamates (subject to hydrolysis) is 1. The monoisotopic (exact) mass is 731 g/mol. The fraction of sp³-hybridized carbons (Fsp3) is 0.512. The summed E-state index contributed by atoms with van der Waals surface area (Å²) in [5.74, 6) is -1.00. The Balaban J connectivity index is 1.14. The van der Waals surface area contributed by atoms with E-state index < -0.39 is 48.2 Å². The van der Waals surface area contributed by atoms with E-state index >= 15 is 0 Å². The molecule has 6 atom stereocenters. The lowest BCUT2D eigenvalue weighted by Gasteiger charge is -2.29. The van der Waals surface area contributed by atoms with E-state index in [-0.39, 0.29) is 18.9 Å². The summed E-state index contributed by atoms with van der Waals surface area (Å²) in [6, 6.07) is 23.6. The third-order valence-corrected chi connectivity index (χ3v) is 10.1. The summed E-state index contributed by atoms with van der Waals surface area (Å²) in [5, 5.41) is 28.7. The predicted octanol–water partition coefficient (Wildman–Crippen LogP) is 3.57. The van der Waals surface area contributed by atoms with E-state index in [2.05, 4.69) is 15.5 Å². The molecular formula is C41H53N3O9. The van der Waals surface area contributed by atoms with Crippen LogP contribution in [0.5, 0.6) is 5.75 Å². The largest absolute Gasteiger partial charge is 0.492 e. The minimum Gasteiger partial charge on any atom is -0.492 e. The summed E-state index contributed by atoms with van der Waals surface area (Å²) in [6.45, 7) is 8.53. The van der Waals surface area contributed by atoms with Gasteiger partial charge in [-0.05, 0) is 67.5 Å². The number of aliphatic hydroxyl groups is 2. The molecule has 12 heteroatoms. The first-order valence-corrected chi connectivity index (χ1v) is 18.7. The maximum absolute atomic E-state index is 14.1. The van der Waals surface area contributed by atoms with Gasteiger partial charge in [0, 0.05) is 32.0 Å². The molecule has 3 aliphatic rings. The number of rotatable bonds is 16. The van der Waals surface area contributed by atoms with Crippen molar-refractivity contribution >= 4 is 12.0 Å². The van der Waals surface area contributed by atoms with Gasteiger partial charge in [-0.25, -0.2) is 4.79 Å². The Bertz CT molecular complexity index is 1620. The maximum atomic E-state index is 14.1. The van der Waals surface area contributed by atoms with Crippen LogP contribution in [0.3, 0.4) is 0 Å². The van der Waals surface area contributed by atoms with E-state index in [9.17, 15) is 19.8 Å². The Morgan fingerprint density at radius 1 is 0.962 bits per heavy atom. The smallest absolute Gasteiger partial charge is 0.407 e. The summed E-state index contributed by atoms with van der Waals surface area (Å²) in [6.07, 6.45) is -1.87. The van der Waals surface area contributed by atoms with Gasteiger partial charge >= 0.3 is 6.09 Å². The predicted molar refractivity (Wildman–Crippen MR) is 197 cm³/mol. The van der Waals surface area contributed by atoms with Gasteiger partial charge < -0.3 is 44.5 Å². The molecule has 0 radical (unpaired) electrons. The number of fused-ring (bicyclic) bond motifs is 1. The molecule has 2 amide bonds. The van der Waals surface area contributed by atoms with Crippen molar-refractivity contribution in [2.75, 3.05) is 52.7 Å². The number of morpholine rings is 1. The molecule has 2 heterocycles. The van der Waals surface area contributed by atoms with Crippen LogP contribution >= 0.6 is 0 Å². The Morgan fingerprint density at radius 3 is 2.42 bits per heavy atom. The van der Waals surface area contributed by atoms with Crippen molar-refractivity contribution in [3.63, 3.8) is 0 Å². The minimum absolute atomic E-state index is 0.00738. The second-order valence-electron chi connectivity index (χ2n) is 14.6. The molecule has 53 heavy (non-hydrogen) atoms. The maximum Gasteiger partial charge on any atom is 0.407 e. The zero-order valence-corrected chi connectivity index (χ0v) is 30.7. The summed E-state index contributed by atoms with van der Waals surface area (Å²) < 4.78 is 28.3. The number of benzene rings is 3. The highest BCUT2D eigenvalue weighted by molar-refractivity contribution is 5.80. The summed E-state index contributed by atoms with van der Waals surface area (Å²) in [7, 11) is 0. The van der Waals surface area contributed by atoms with Crippen molar-refractivity contribution in [3.8, 4) is 5.75 Å². The van der Waals surface area contributed by atoms with E-state index in [1.807, 2.05) is 78.9 Å². The van der Waals surface area contributed by atoms with E-state index in [0.717, 1.165) is 60.9 Å². The lowest BCUT2D eigenvalue weighted by atomic mass is 9.88. The number of aliphatic hydroxyl groups excluding tert-OH is 2. The average molecular weight is 732 g/mol. The highest BCUT2D eigenvalue weighted by Crippen LogP contribution is 2.32. The van der Waals surface area contributed by atoms with E-state index in [0.29, 0.717) is 32.5 Å². The standard InChI is InChI=1S/C41H53N3O9/c1-41(2)52-27-33(53-41)26-51-40(48)42-35(23-28-8-4-3-5-9-28)36(45)25-31(39(47)43-38-34-11-7-6-10-30(34)24-37(38)46)22-29-12-14-32(15-13-29)50-21-18-44-16-19-49-20-17-44/h3-15,31,33,35-38,45-46H,16-27H2,1-2H3,(H,42,48)(H,43,47)/t31?,33?,35?,36?,37-,38-/m0/s1. The van der Waals surface area contributed by atoms with Gasteiger partial charge in [-0.3, -0.25) is 9.69 Å². The Labute approximate surface area is 311 Å². The first kappa shape index (κ1) is 38.7. The fourth-order valence-corrected chi connectivity index (χ4v) is 7.24. The average Bonchev–Trinajstić information content (AvgIpc) is 3.68. The van der Waals surface area contributed by atoms with Crippen molar-refractivity contribution < 1.29 is 43.5 Å². The van der Waals surface area contributed by atoms with Crippen LogP contribution in [0.1, 0.15) is 48.6 Å². The number of hydrogen-bond acceptors (Lipinski definition) is 10. The Kier molecular flexibility index (Phi) is 13.4. The first-order chi connectivity index (χ1) is 25.6. The first-order valence-electron chi connectivity index (χ1n) is 18.7. The van der Waals surface area contributed by atoms with Gasteiger partial charge in [0.25, 0.3) is 0 Å². The van der Waals surface area contributed by atoms with Crippen LogP contribution in [0.25, 0.3) is 0 Å². The molecule has 0 aromatic heterocycles. The number of hydrogen-bond donors (Lipinski definition) is 4. The highest BCUT2D eigenvalue weighted by Gasteiger charge is 2.36. The lowest BCUT2D eigenvalue weighted by Crippen LogP contribution is -2.48. The molecule has 2 aliphatic heterocycles. The molecule has 6 rings (SSSR count). The van der Waals surface area contributed by atoms with Gasteiger partial charge in [0.05, 0.1) is 44.1 Å². The van der Waals surface area contributed by atoms with Gasteiger partial charge in [0.2, 0.25) is 5.91 Å². The molecule has 2 saturated heterocycles. The third kappa shape index (κ3) is 11.2. The quantitative estimate of drug-likeness (QED) is 0.173. The van der Waals surface area contributed by atoms with Crippen LogP contribution in [-0.4, -0.2) is 110 Å². The molecule has 3 aromatic rings. The topological polar surface area (TPSA) is 148 Å². The molecule has 2 fully saturated rings. The molecule has 0 saturated carbocycles. The molecule has 0 bridgehead atoms. The molecule has 0 spiro atoms. The van der Waals surface area contributed by atoms with Crippen LogP contribution in [0, 0.1) is 5.92 Å². The van der Waals surface area contributed by atoms with Crippen molar-refractivity contribution in [2.45, 2.75) is 75.7 Å². The van der Waals surface area contributed by atoms with Gasteiger partial charge in [-0.2, -0.15) is 0 Å². The summed E-state index contributed by atoms with van der Waals surface area (Å²) in [5.41, 5.74) is 3.67. The van der Waals surface area contributed by atoms with E-state index in [4.69, 9.17) is 23.7 Å². The normalized spacial score (nSPS) is 22.7. The van der Waals surface area contributed by atoms with Crippen LogP contribution in [0.4, 0.5) is 4.79 Å². The van der Waals surface area contributed by atoms with Crippen molar-refractivity contribution in [1.29, 1.82) is 0 Å². The second kappa shape index (κ2) is 18.3. The molecule has 4 N–H and O–H groups in total. The SMILES string of the molecule is CC1(C)OCC(COC(=O)NC(Cc2ccccc2)C(O)CC(Cc2ccc(OCCN3CCOCC3)cc2)C(=O)N[C@H]2c3ccccc3C[C@@H]2O)O1. The molecule has 1 aliphatic carbocycles. The van der Waals surface area contributed by atoms with Gasteiger partial charge in [0.15, 0.2) is 5.79 Å². The molecule has 3 aromatic carbocycles. The zero-order valence-electron chi connectivity index (χ0n) is 30.7. The van der Waals surface area contributed by atoms with Gasteiger partial charge in [-0.15, -0.1) is 0 Å². The van der Waals surface area contributed by atoms with Crippen molar-refractivity contribution in [3.05, 3.63) is 101 Å². The van der Waals surface area contributed by atoms with Crippen LogP contribution in [0.2, 0.25) is 0 Å². The molecular weight excluding hydrogens is 678 g/mol. The number of nitrogens with one attached hydrogen (secondary N) is 2. The van der Waals surface area contributed by atoms with E-state index in [1.54, 1.807) is 13.8 Å². The number of ether oxygens (including phenoxy) is 5. The van der Waals surface area contributed by atoms with Crippen LogP contribution in [0.15, 0.2) is 78.9 Å². The lowest BCUT2D eigenvalue weighted by molar-refractivity contribution is -0.142. The molecule has 12 nitrogen and oxygen atoms in total. The summed E-state index contributed by atoms with van der Waals surface area (Å²) in [4.78, 5) is 29.5. The minimum atomic E-state index is -1.12. The Morgan fingerprint density at radius 2 is 1.68 bits per heavy atom. The van der Waals surface area contributed by atoms with Crippen LogP contribution < -0.4 is 15.4 Å². The van der Waals surface area contributed by atoms with Gasteiger partial charge in [0.1, 0.15) is 25.1 Å². The second-order valence-corrected chi connectivity index (χ2v) is 14.6. The summed E-state index contributed by atoms with van der Waals surface area (Å²) >= 11 is 0. The zero-order chi connectivity index (χ0) is 37.2. The number of amides is 2. The Hall–Kier alpha value is -4.04. The number of nitrogens with zero attached hydrogens (tertiary/aromatic N) is 1. The van der Waals surface area contributed by atoms with Crippen molar-refractivity contribution in [1.82, 2.24) is 15.5 Å². The number of carbonyl (C=O) groups excluding carboxylic acids is 2. The van der Waals surface area contributed by atoms with Gasteiger partial charge in [-0.1, -0.05) is 66.7 Å². The molecule has 4 unspecified atom stereocenters. The fourth-order valence-electron chi connectivity index (χ4n) is 7.24. The molecule has 286 valence electrons. The van der Waals surface area contributed by atoms with E-state index in [1.165, 1.54) is 0 Å². The van der Waals surface area contributed by atoms with Crippen molar-refractivity contribution in [2.24, 2.45) is 5.92 Å².